The van der Waals surface area contributed by atoms with Crippen molar-refractivity contribution in [3.05, 3.63) is 11.6 Å². The lowest BCUT2D eigenvalue weighted by atomic mass is 9.98. The molecule has 0 saturated heterocycles. The van der Waals surface area contributed by atoms with E-state index in [0.29, 0.717) is 12.0 Å². The zero-order valence-electron chi connectivity index (χ0n) is 9.22. The first-order valence-electron chi connectivity index (χ1n) is 4.50. The quantitative estimate of drug-likeness (QED) is 0.666. The summed E-state index contributed by atoms with van der Waals surface area (Å²) in [7, 11) is 3.95. The van der Waals surface area contributed by atoms with Crippen LogP contribution in [0.2, 0.25) is 0 Å². The van der Waals surface area contributed by atoms with Crippen molar-refractivity contribution in [2.24, 2.45) is 5.73 Å². The zero-order valence-corrected chi connectivity index (χ0v) is 9.22. The molecule has 0 aliphatic carbocycles. The van der Waals surface area contributed by atoms with Crippen LogP contribution in [-0.2, 0) is 4.79 Å². The Morgan fingerprint density at radius 3 is 2.15 bits per heavy atom. The van der Waals surface area contributed by atoms with Crippen molar-refractivity contribution in [3.63, 3.8) is 0 Å². The van der Waals surface area contributed by atoms with E-state index in [1.807, 2.05) is 45.8 Å². The van der Waals surface area contributed by atoms with Gasteiger partial charge in [-0.25, -0.2) is 0 Å². The van der Waals surface area contributed by atoms with E-state index < -0.39 is 0 Å². The molecule has 0 aliphatic rings. The topological polar surface area (TPSA) is 46.3 Å². The van der Waals surface area contributed by atoms with Crippen molar-refractivity contribution in [3.8, 4) is 0 Å². The summed E-state index contributed by atoms with van der Waals surface area (Å²) in [6, 6.07) is 0. The summed E-state index contributed by atoms with van der Waals surface area (Å²) in [4.78, 5) is 13.0. The van der Waals surface area contributed by atoms with E-state index in [1.54, 1.807) is 0 Å². The molecule has 2 N–H and O–H groups in total. The van der Waals surface area contributed by atoms with Gasteiger partial charge in [-0.05, 0) is 34.4 Å². The van der Waals surface area contributed by atoms with Crippen LogP contribution >= 0.6 is 0 Å². The minimum Gasteiger partial charge on any atom is -0.366 e. The summed E-state index contributed by atoms with van der Waals surface area (Å²) in [5.41, 5.74) is 5.80. The van der Waals surface area contributed by atoms with Crippen LogP contribution in [0.3, 0.4) is 0 Å². The highest BCUT2D eigenvalue weighted by molar-refractivity contribution is 5.92. The molecular weight excluding hydrogens is 164 g/mol. The summed E-state index contributed by atoms with van der Waals surface area (Å²) in [5, 5.41) is 0. The average molecular weight is 184 g/mol. The molecule has 0 aromatic heterocycles. The first-order chi connectivity index (χ1) is 5.81. The number of nitrogens with two attached hydrogens (primary N) is 1. The largest absolute Gasteiger partial charge is 0.366 e. The molecule has 0 unspecified atom stereocenters. The second kappa shape index (κ2) is 4.42. The van der Waals surface area contributed by atoms with Gasteiger partial charge in [-0.3, -0.25) is 4.79 Å². The molecular formula is C10H20N2O. The van der Waals surface area contributed by atoms with Crippen molar-refractivity contribution in [2.75, 3.05) is 14.1 Å². The third-order valence-corrected chi connectivity index (χ3v) is 2.38. The zero-order chi connectivity index (χ0) is 10.6. The summed E-state index contributed by atoms with van der Waals surface area (Å²) in [6.45, 7) is 6.03. The van der Waals surface area contributed by atoms with E-state index in [2.05, 4.69) is 0 Å². The van der Waals surface area contributed by atoms with Crippen molar-refractivity contribution in [1.82, 2.24) is 4.90 Å². The third-order valence-electron chi connectivity index (χ3n) is 2.38. The Bertz CT molecular complexity index is 217. The molecule has 0 rings (SSSR count). The number of carbonyl (C=O) groups excluding carboxylic acids is 1. The fraction of sp³-hybridized carbons (Fsp3) is 0.700. The number of amides is 1. The van der Waals surface area contributed by atoms with Crippen molar-refractivity contribution in [1.29, 1.82) is 0 Å². The Kier molecular flexibility index (Phi) is 4.14. The number of nitrogens with zero attached hydrogens (tertiary/aromatic N) is 1. The lowest BCUT2D eigenvalue weighted by Crippen LogP contribution is -2.37. The van der Waals surface area contributed by atoms with Crippen LogP contribution in [-0.4, -0.2) is 30.4 Å². The molecule has 0 aliphatic heterocycles. The average Bonchev–Trinajstić information content (AvgIpc) is 1.99. The predicted octanol–water partition coefficient (Wildman–Crippen LogP) is 1.15. The Morgan fingerprint density at radius 1 is 1.46 bits per heavy atom. The monoisotopic (exact) mass is 184 g/mol. The van der Waals surface area contributed by atoms with Crippen LogP contribution in [0.25, 0.3) is 0 Å². The molecule has 0 radical (unpaired) electrons. The van der Waals surface area contributed by atoms with Crippen LogP contribution < -0.4 is 5.73 Å². The summed E-state index contributed by atoms with van der Waals surface area (Å²) in [5.74, 6) is -0.322. The maximum atomic E-state index is 11.0. The molecule has 0 fully saturated rings. The fourth-order valence-electron chi connectivity index (χ4n) is 0.903. The highest BCUT2D eigenvalue weighted by atomic mass is 16.1. The van der Waals surface area contributed by atoms with Crippen molar-refractivity contribution >= 4 is 5.91 Å². The van der Waals surface area contributed by atoms with Gasteiger partial charge < -0.3 is 10.6 Å². The van der Waals surface area contributed by atoms with Crippen LogP contribution in [0.5, 0.6) is 0 Å². The van der Waals surface area contributed by atoms with Crippen LogP contribution in [0.4, 0.5) is 0 Å². The second-order valence-electron chi connectivity index (χ2n) is 3.94. The normalized spacial score (nSPS) is 13.5. The molecule has 0 bridgehead atoms. The number of primary amides is 1. The van der Waals surface area contributed by atoms with Gasteiger partial charge in [0.05, 0.1) is 0 Å². The van der Waals surface area contributed by atoms with Crippen LogP contribution in [0.1, 0.15) is 27.2 Å². The minimum atomic E-state index is -0.322. The first-order valence-corrected chi connectivity index (χ1v) is 4.50. The van der Waals surface area contributed by atoms with Gasteiger partial charge in [0.15, 0.2) is 0 Å². The van der Waals surface area contributed by atoms with Crippen LogP contribution in [0, 0.1) is 0 Å². The van der Waals surface area contributed by atoms with Crippen LogP contribution in [0.15, 0.2) is 11.6 Å². The van der Waals surface area contributed by atoms with Crippen molar-refractivity contribution < 1.29 is 4.79 Å². The number of hydrogen-bond donors (Lipinski definition) is 1. The number of hydrogen-bond acceptors (Lipinski definition) is 2. The molecule has 3 heteroatoms. The standard InChI is InChI=1S/C10H20N2O/c1-6-8(9(11)13)7-10(2,3)12(4)5/h7H,6H2,1-5H3,(H2,11,13)/b8-7+. The molecule has 1 amide bonds. The van der Waals surface area contributed by atoms with Gasteiger partial charge in [-0.2, -0.15) is 0 Å². The summed E-state index contributed by atoms with van der Waals surface area (Å²) in [6.07, 6.45) is 2.61. The minimum absolute atomic E-state index is 0.125. The molecule has 0 saturated carbocycles. The van der Waals surface area contributed by atoms with Gasteiger partial charge in [0.1, 0.15) is 0 Å². The third kappa shape index (κ3) is 3.59. The van der Waals surface area contributed by atoms with E-state index in [1.165, 1.54) is 0 Å². The SMILES string of the molecule is CC/C(=C\C(C)(C)N(C)C)C(N)=O. The maximum Gasteiger partial charge on any atom is 0.244 e. The molecule has 13 heavy (non-hydrogen) atoms. The van der Waals surface area contributed by atoms with Gasteiger partial charge in [-0.1, -0.05) is 13.0 Å². The van der Waals surface area contributed by atoms with Gasteiger partial charge in [0.2, 0.25) is 5.91 Å². The van der Waals surface area contributed by atoms with Gasteiger partial charge in [0.25, 0.3) is 0 Å². The molecule has 0 aromatic rings. The number of carbonyl (C=O) groups is 1. The predicted molar refractivity (Wildman–Crippen MR) is 55.3 cm³/mol. The first kappa shape index (κ1) is 12.2. The van der Waals surface area contributed by atoms with Gasteiger partial charge >= 0.3 is 0 Å². The molecule has 0 spiro atoms. The Labute approximate surface area is 80.6 Å². The summed E-state index contributed by atoms with van der Waals surface area (Å²) >= 11 is 0. The Morgan fingerprint density at radius 2 is 1.92 bits per heavy atom. The van der Waals surface area contributed by atoms with Gasteiger partial charge in [0, 0.05) is 11.1 Å². The Hall–Kier alpha value is -0.830. The fourth-order valence-corrected chi connectivity index (χ4v) is 0.903. The van der Waals surface area contributed by atoms with E-state index in [0.717, 1.165) is 0 Å². The van der Waals surface area contributed by atoms with E-state index in [9.17, 15) is 4.79 Å². The smallest absolute Gasteiger partial charge is 0.244 e. The van der Waals surface area contributed by atoms with Crippen molar-refractivity contribution in [2.45, 2.75) is 32.7 Å². The molecule has 3 nitrogen and oxygen atoms in total. The lowest BCUT2D eigenvalue weighted by molar-refractivity contribution is -0.114. The van der Waals surface area contributed by atoms with E-state index in [4.69, 9.17) is 5.73 Å². The highest BCUT2D eigenvalue weighted by Gasteiger charge is 2.19. The molecule has 76 valence electrons. The summed E-state index contributed by atoms with van der Waals surface area (Å²) < 4.78 is 0. The Balaban J connectivity index is 4.78. The van der Waals surface area contributed by atoms with E-state index in [-0.39, 0.29) is 11.4 Å². The van der Waals surface area contributed by atoms with E-state index >= 15 is 0 Å². The number of likely N-dealkylation sites (N-methyl/N-ethyl adjacent to an activating group) is 1. The number of rotatable bonds is 4. The second-order valence-corrected chi connectivity index (χ2v) is 3.94. The highest BCUT2D eigenvalue weighted by Crippen LogP contribution is 2.15. The van der Waals surface area contributed by atoms with Gasteiger partial charge in [-0.15, -0.1) is 0 Å². The molecule has 0 aromatic carbocycles. The molecule has 0 heterocycles. The lowest BCUT2D eigenvalue weighted by Gasteiger charge is -2.29. The molecule has 0 atom stereocenters. The maximum absolute atomic E-state index is 11.0.